The lowest BCUT2D eigenvalue weighted by atomic mass is 10.1. The van der Waals surface area contributed by atoms with Crippen molar-refractivity contribution in [2.45, 2.75) is 77.4 Å². The predicted molar refractivity (Wildman–Crippen MR) is 110 cm³/mol. The number of hydrogen-bond acceptors (Lipinski definition) is 5. The Labute approximate surface area is 170 Å². The van der Waals surface area contributed by atoms with Crippen molar-refractivity contribution < 1.29 is 29.7 Å². The van der Waals surface area contributed by atoms with E-state index >= 15 is 0 Å². The zero-order chi connectivity index (χ0) is 21.3. The summed E-state index contributed by atoms with van der Waals surface area (Å²) < 4.78 is 0.321. The molecule has 0 saturated carbocycles. The topological polar surface area (TPSA) is 101 Å². The highest BCUT2D eigenvalue weighted by Gasteiger charge is 2.32. The first kappa shape index (κ1) is 26.8. The van der Waals surface area contributed by atoms with Crippen molar-refractivity contribution >= 4 is 5.97 Å². The highest BCUT2D eigenvalue weighted by atomic mass is 16.4. The zero-order valence-electron chi connectivity index (χ0n) is 17.8. The highest BCUT2D eigenvalue weighted by Crippen LogP contribution is 2.17. The van der Waals surface area contributed by atoms with Crippen LogP contribution in [0.15, 0.2) is 24.3 Å². The molecule has 0 aliphatic heterocycles. The van der Waals surface area contributed by atoms with Crippen molar-refractivity contribution in [1.29, 1.82) is 0 Å². The number of hydrogen-bond donors (Lipinski definition) is 3. The number of carbonyl (C=O) groups is 1. The Hall–Kier alpha value is -1.21. The van der Waals surface area contributed by atoms with Gasteiger partial charge in [-0.1, -0.05) is 38.2 Å². The first-order chi connectivity index (χ1) is 13.4. The van der Waals surface area contributed by atoms with Crippen molar-refractivity contribution in [3.05, 3.63) is 24.3 Å². The number of carbonyl (C=O) groups excluding carboxylic acids is 1. The second-order valence-electron chi connectivity index (χ2n) is 7.57. The Morgan fingerprint density at radius 2 is 1.43 bits per heavy atom. The molecule has 0 bridgehead atoms. The van der Waals surface area contributed by atoms with Crippen LogP contribution in [0.3, 0.4) is 0 Å². The molecule has 3 N–H and O–H groups in total. The number of rotatable bonds is 18. The van der Waals surface area contributed by atoms with Gasteiger partial charge in [-0.15, -0.1) is 0 Å². The molecule has 0 heterocycles. The van der Waals surface area contributed by atoms with Crippen LogP contribution in [-0.2, 0) is 4.79 Å². The van der Waals surface area contributed by atoms with Crippen LogP contribution < -0.4 is 5.11 Å². The minimum atomic E-state index is -1.10. The number of carboxylic acids is 1. The molecule has 0 aliphatic rings. The van der Waals surface area contributed by atoms with Gasteiger partial charge in [0.2, 0.25) is 0 Å². The third-order valence-corrected chi connectivity index (χ3v) is 4.92. The fraction of sp³-hybridized carbons (Fsp3) is 0.773. The summed E-state index contributed by atoms with van der Waals surface area (Å²) in [5.74, 6) is -1.10. The molecular formula is C22H41NO5. The van der Waals surface area contributed by atoms with Crippen LogP contribution in [0.1, 0.15) is 65.2 Å². The van der Waals surface area contributed by atoms with E-state index in [1.54, 1.807) is 0 Å². The quantitative estimate of drug-likeness (QED) is 0.240. The number of aliphatic carboxylic acids is 1. The molecule has 0 saturated heterocycles. The van der Waals surface area contributed by atoms with E-state index in [1.807, 2.05) is 0 Å². The van der Waals surface area contributed by atoms with E-state index < -0.39 is 18.2 Å². The first-order valence-electron chi connectivity index (χ1n) is 10.7. The lowest BCUT2D eigenvalue weighted by Crippen LogP contribution is -2.57. The van der Waals surface area contributed by atoms with Gasteiger partial charge in [0.05, 0.1) is 13.2 Å². The number of carboxylic acid groups (broad SMARTS) is 1. The largest absolute Gasteiger partial charge is 0.550 e. The Morgan fingerprint density at radius 3 is 1.82 bits per heavy atom. The van der Waals surface area contributed by atoms with Gasteiger partial charge in [0.1, 0.15) is 31.8 Å². The van der Waals surface area contributed by atoms with E-state index in [0.717, 1.165) is 25.7 Å². The third-order valence-electron chi connectivity index (χ3n) is 4.92. The summed E-state index contributed by atoms with van der Waals surface area (Å²) in [6.45, 7) is 5.71. The van der Waals surface area contributed by atoms with Gasteiger partial charge < -0.3 is 29.7 Å². The van der Waals surface area contributed by atoms with Crippen LogP contribution in [0.25, 0.3) is 0 Å². The fourth-order valence-electron chi connectivity index (χ4n) is 3.55. The fourth-order valence-corrected chi connectivity index (χ4v) is 3.55. The molecule has 0 amide bonds. The van der Waals surface area contributed by atoms with Gasteiger partial charge in [-0.3, -0.25) is 0 Å². The average molecular weight is 400 g/mol. The maximum atomic E-state index is 10.8. The van der Waals surface area contributed by atoms with Crippen molar-refractivity contribution in [3.63, 3.8) is 0 Å². The van der Waals surface area contributed by atoms with Gasteiger partial charge >= 0.3 is 0 Å². The van der Waals surface area contributed by atoms with Crippen molar-refractivity contribution in [1.82, 2.24) is 0 Å². The molecule has 6 heteroatoms. The summed E-state index contributed by atoms with van der Waals surface area (Å²) in [4.78, 5) is 10.8. The monoisotopic (exact) mass is 399 g/mol. The summed E-state index contributed by atoms with van der Waals surface area (Å²) in [5, 5.41) is 41.5. The smallest absolute Gasteiger partial charge is 0.105 e. The van der Waals surface area contributed by atoms with Crippen LogP contribution >= 0.6 is 0 Å². The summed E-state index contributed by atoms with van der Waals surface area (Å²) in [7, 11) is 0. The van der Waals surface area contributed by atoms with E-state index in [0.29, 0.717) is 49.9 Å². The van der Waals surface area contributed by atoms with Crippen LogP contribution in [0.4, 0.5) is 0 Å². The van der Waals surface area contributed by atoms with E-state index in [2.05, 4.69) is 38.2 Å². The normalized spacial score (nSPS) is 16.5. The Morgan fingerprint density at radius 1 is 0.929 bits per heavy atom. The van der Waals surface area contributed by atoms with E-state index in [-0.39, 0.29) is 13.0 Å². The molecule has 0 radical (unpaired) electrons. The lowest BCUT2D eigenvalue weighted by molar-refractivity contribution is -0.934. The average Bonchev–Trinajstić information content (AvgIpc) is 2.62. The maximum Gasteiger partial charge on any atom is 0.105 e. The zero-order valence-corrected chi connectivity index (χ0v) is 17.8. The van der Waals surface area contributed by atoms with Gasteiger partial charge in [0, 0.05) is 12.4 Å². The molecule has 28 heavy (non-hydrogen) atoms. The van der Waals surface area contributed by atoms with Crippen LogP contribution in [-0.4, -0.2) is 70.8 Å². The minimum Gasteiger partial charge on any atom is -0.550 e. The highest BCUT2D eigenvalue weighted by molar-refractivity contribution is 5.64. The molecule has 0 aliphatic carbocycles. The van der Waals surface area contributed by atoms with E-state index in [9.17, 15) is 25.2 Å². The minimum absolute atomic E-state index is 0.0594. The third kappa shape index (κ3) is 13.9. The number of allylic oxidation sites excluding steroid dienone is 4. The molecule has 0 aromatic rings. The number of aliphatic hydroxyl groups is 3. The van der Waals surface area contributed by atoms with Gasteiger partial charge in [-0.2, -0.15) is 0 Å². The van der Waals surface area contributed by atoms with E-state index in [4.69, 9.17) is 0 Å². The maximum absolute atomic E-state index is 10.8. The number of nitrogens with zero attached hydrogens (tertiary/aromatic N) is 1. The van der Waals surface area contributed by atoms with E-state index in [1.165, 1.54) is 0 Å². The van der Waals surface area contributed by atoms with Crippen LogP contribution in [0.2, 0.25) is 0 Å². The molecule has 0 fully saturated rings. The first-order valence-corrected chi connectivity index (χ1v) is 10.7. The molecule has 2 atom stereocenters. The molecule has 0 rings (SSSR count). The van der Waals surface area contributed by atoms with Crippen LogP contribution in [0, 0.1) is 0 Å². The van der Waals surface area contributed by atoms with Crippen molar-refractivity contribution in [2.24, 2.45) is 0 Å². The summed E-state index contributed by atoms with van der Waals surface area (Å²) in [5.41, 5.74) is 0. The summed E-state index contributed by atoms with van der Waals surface area (Å²) in [6, 6.07) is 0. The van der Waals surface area contributed by atoms with Crippen molar-refractivity contribution in [3.8, 4) is 0 Å². The molecule has 2 unspecified atom stereocenters. The Kier molecular flexibility index (Phi) is 16.0. The SMILES string of the molecule is CC/C=C/CCC(O)C[N+](CCO)(CCCC(=O)[O-])CC(O)CC/C=C/CC. The Balaban J connectivity index is 5.01. The second-order valence-corrected chi connectivity index (χ2v) is 7.57. The predicted octanol–water partition coefficient (Wildman–Crippen LogP) is 1.54. The van der Waals surface area contributed by atoms with Crippen LogP contribution in [0.5, 0.6) is 0 Å². The second kappa shape index (κ2) is 16.7. The van der Waals surface area contributed by atoms with Gasteiger partial charge in [-0.25, -0.2) is 0 Å². The number of quaternary nitrogens is 1. The Bertz CT molecular complexity index is 424. The lowest BCUT2D eigenvalue weighted by Gasteiger charge is -2.41. The standard InChI is InChI=1S/C22H41NO5/c1-3-5-7-9-12-20(25)18-23(16-17-24,15-11-14-22(27)28)19-21(26)13-10-8-6-4-2/h5-8,20-21,24-26H,3-4,9-19H2,1-2H3/b7-5+,8-6+. The van der Waals surface area contributed by atoms with Gasteiger partial charge in [-0.05, 0) is 44.9 Å². The molecule has 0 aromatic heterocycles. The molecule has 0 spiro atoms. The summed E-state index contributed by atoms with van der Waals surface area (Å²) >= 11 is 0. The van der Waals surface area contributed by atoms with Gasteiger partial charge in [0.25, 0.3) is 0 Å². The molecule has 164 valence electrons. The molecule has 6 nitrogen and oxygen atoms in total. The number of aliphatic hydroxyl groups excluding tert-OH is 3. The summed E-state index contributed by atoms with van der Waals surface area (Å²) in [6.07, 6.45) is 12.1. The van der Waals surface area contributed by atoms with Crippen molar-refractivity contribution in [2.75, 3.05) is 32.8 Å². The van der Waals surface area contributed by atoms with Gasteiger partial charge in [0.15, 0.2) is 0 Å². The molecule has 0 aromatic carbocycles. The molecular weight excluding hydrogens is 358 g/mol.